The van der Waals surface area contributed by atoms with Crippen LogP contribution in [-0.4, -0.2) is 84.1 Å². The van der Waals surface area contributed by atoms with Crippen LogP contribution in [0.3, 0.4) is 0 Å². The second-order valence-corrected chi connectivity index (χ2v) is 5.24. The summed E-state index contributed by atoms with van der Waals surface area (Å²) in [4.78, 5) is 50.5. The highest BCUT2D eigenvalue weighted by atomic mass is 16.2. The van der Waals surface area contributed by atoms with Gasteiger partial charge in [-0.2, -0.15) is 0 Å². The Morgan fingerprint density at radius 1 is 1.00 bits per heavy atom. The maximum absolute atomic E-state index is 11.6. The van der Waals surface area contributed by atoms with E-state index in [1.165, 1.54) is 7.05 Å². The van der Waals surface area contributed by atoms with E-state index in [2.05, 4.69) is 5.32 Å². The molecule has 4 amide bonds. The average molecular weight is 282 g/mol. The molecule has 1 atom stereocenters. The number of hydrogen-bond donors (Lipinski definition) is 1. The number of rotatable bonds is 3. The Morgan fingerprint density at radius 2 is 1.50 bits per heavy atom. The summed E-state index contributed by atoms with van der Waals surface area (Å²) >= 11 is 0. The van der Waals surface area contributed by atoms with E-state index in [0.29, 0.717) is 6.54 Å². The van der Waals surface area contributed by atoms with E-state index < -0.39 is 0 Å². The summed E-state index contributed by atoms with van der Waals surface area (Å²) in [7, 11) is 1.47. The van der Waals surface area contributed by atoms with Gasteiger partial charge in [0, 0.05) is 19.6 Å². The van der Waals surface area contributed by atoms with Gasteiger partial charge in [-0.3, -0.25) is 39.2 Å². The minimum Gasteiger partial charge on any atom is -0.294 e. The van der Waals surface area contributed by atoms with E-state index in [1.807, 2.05) is 6.92 Å². The van der Waals surface area contributed by atoms with Crippen molar-refractivity contribution in [3.63, 3.8) is 0 Å². The number of likely N-dealkylation sites (N-methyl/N-ethyl adjacent to an activating group) is 1. The molecule has 8 heteroatoms. The number of imide groups is 2. The summed E-state index contributed by atoms with van der Waals surface area (Å²) in [5, 5.41) is 2.24. The van der Waals surface area contributed by atoms with Gasteiger partial charge in [0.25, 0.3) is 0 Å². The molecular weight excluding hydrogens is 264 g/mol. The minimum atomic E-state index is -0.321. The van der Waals surface area contributed by atoms with Crippen LogP contribution in [0.4, 0.5) is 0 Å². The highest BCUT2D eigenvalue weighted by molar-refractivity contribution is 5.99. The molecule has 0 radical (unpaired) electrons. The number of nitrogens with zero attached hydrogens (tertiary/aromatic N) is 3. The van der Waals surface area contributed by atoms with Gasteiger partial charge in [-0.25, -0.2) is 0 Å². The fraction of sp³-hybridized carbons (Fsp3) is 0.667. The van der Waals surface area contributed by atoms with Gasteiger partial charge in [-0.1, -0.05) is 0 Å². The maximum Gasteiger partial charge on any atom is 0.243 e. The maximum atomic E-state index is 11.6. The lowest BCUT2D eigenvalue weighted by Gasteiger charge is -2.36. The van der Waals surface area contributed by atoms with Crippen LogP contribution in [0.25, 0.3) is 0 Å². The van der Waals surface area contributed by atoms with Crippen molar-refractivity contribution in [3.05, 3.63) is 0 Å². The Labute approximate surface area is 116 Å². The van der Waals surface area contributed by atoms with E-state index in [4.69, 9.17) is 0 Å². The number of carbonyl (C=O) groups is 4. The molecule has 0 aromatic carbocycles. The number of nitrogens with one attached hydrogen (secondary N) is 1. The first kappa shape index (κ1) is 14.6. The number of hydrogen-bond acceptors (Lipinski definition) is 6. The molecule has 0 spiro atoms. The summed E-state index contributed by atoms with van der Waals surface area (Å²) < 4.78 is 0. The van der Waals surface area contributed by atoms with Crippen molar-refractivity contribution in [2.75, 3.05) is 39.8 Å². The first-order chi connectivity index (χ1) is 9.36. The highest BCUT2D eigenvalue weighted by Gasteiger charge is 2.31. The van der Waals surface area contributed by atoms with Gasteiger partial charge >= 0.3 is 0 Å². The van der Waals surface area contributed by atoms with Crippen LogP contribution in [0, 0.1) is 0 Å². The standard InChI is InChI=1S/C12H18N4O4/c1-8(16-4-9(17)13-10(18)5-16)3-15-6-11(19)14(2)12(20)7-15/h8H,3-7H2,1-2H3,(H,13,17,18)/t8-/m1/s1. The molecular formula is C12H18N4O4. The molecule has 110 valence electrons. The van der Waals surface area contributed by atoms with Crippen LogP contribution in [0.1, 0.15) is 6.92 Å². The Kier molecular flexibility index (Phi) is 4.15. The van der Waals surface area contributed by atoms with Crippen molar-refractivity contribution in [2.45, 2.75) is 13.0 Å². The zero-order valence-electron chi connectivity index (χ0n) is 11.6. The van der Waals surface area contributed by atoms with Crippen molar-refractivity contribution < 1.29 is 19.2 Å². The monoisotopic (exact) mass is 282 g/mol. The smallest absolute Gasteiger partial charge is 0.243 e. The molecule has 20 heavy (non-hydrogen) atoms. The zero-order chi connectivity index (χ0) is 14.9. The Morgan fingerprint density at radius 3 is 2.00 bits per heavy atom. The predicted molar refractivity (Wildman–Crippen MR) is 68.4 cm³/mol. The average Bonchev–Trinajstić information content (AvgIpc) is 2.34. The molecule has 1 N–H and O–H groups in total. The van der Waals surface area contributed by atoms with Gasteiger partial charge < -0.3 is 0 Å². The van der Waals surface area contributed by atoms with E-state index in [9.17, 15) is 19.2 Å². The van der Waals surface area contributed by atoms with Crippen molar-refractivity contribution in [3.8, 4) is 0 Å². The molecule has 0 aliphatic carbocycles. The van der Waals surface area contributed by atoms with Crippen LogP contribution < -0.4 is 5.32 Å². The number of piperazine rings is 2. The quantitative estimate of drug-likeness (QED) is 0.582. The second-order valence-electron chi connectivity index (χ2n) is 5.24. The van der Waals surface area contributed by atoms with Crippen molar-refractivity contribution in [1.82, 2.24) is 20.0 Å². The predicted octanol–water partition coefficient (Wildman–Crippen LogP) is -2.37. The Balaban J connectivity index is 1.92. The SMILES string of the molecule is C[C@H](CN1CC(=O)N(C)C(=O)C1)N1CC(=O)NC(=O)C1. The van der Waals surface area contributed by atoms with E-state index in [0.717, 1.165) is 4.90 Å². The van der Waals surface area contributed by atoms with E-state index in [1.54, 1.807) is 9.80 Å². The first-order valence-corrected chi connectivity index (χ1v) is 6.45. The van der Waals surface area contributed by atoms with Crippen molar-refractivity contribution in [2.24, 2.45) is 0 Å². The highest BCUT2D eigenvalue weighted by Crippen LogP contribution is 2.08. The molecule has 2 aliphatic rings. The molecule has 0 unspecified atom stereocenters. The summed E-state index contributed by atoms with van der Waals surface area (Å²) in [5.41, 5.74) is 0. The summed E-state index contributed by atoms with van der Waals surface area (Å²) in [6.45, 7) is 3.01. The molecule has 0 saturated carbocycles. The van der Waals surface area contributed by atoms with Crippen LogP contribution in [0.5, 0.6) is 0 Å². The summed E-state index contributed by atoms with van der Waals surface area (Å²) in [6.07, 6.45) is 0. The van der Waals surface area contributed by atoms with Crippen LogP contribution >= 0.6 is 0 Å². The molecule has 2 saturated heterocycles. The molecule has 2 rings (SSSR count). The van der Waals surface area contributed by atoms with E-state index in [-0.39, 0.29) is 55.8 Å². The van der Waals surface area contributed by atoms with Gasteiger partial charge in [0.05, 0.1) is 26.2 Å². The lowest BCUT2D eigenvalue weighted by atomic mass is 10.2. The lowest BCUT2D eigenvalue weighted by molar-refractivity contribution is -0.150. The molecule has 8 nitrogen and oxygen atoms in total. The van der Waals surface area contributed by atoms with Gasteiger partial charge in [0.1, 0.15) is 0 Å². The molecule has 2 aliphatic heterocycles. The van der Waals surface area contributed by atoms with Crippen LogP contribution in [0.2, 0.25) is 0 Å². The summed E-state index contributed by atoms with van der Waals surface area (Å²) in [6, 6.07) is -0.0889. The minimum absolute atomic E-state index is 0.0889. The van der Waals surface area contributed by atoms with Gasteiger partial charge in [0.15, 0.2) is 0 Å². The zero-order valence-corrected chi connectivity index (χ0v) is 11.6. The fourth-order valence-corrected chi connectivity index (χ4v) is 2.38. The molecule has 0 aromatic rings. The van der Waals surface area contributed by atoms with Crippen molar-refractivity contribution in [1.29, 1.82) is 0 Å². The third-order valence-electron chi connectivity index (χ3n) is 3.58. The van der Waals surface area contributed by atoms with Crippen LogP contribution in [0.15, 0.2) is 0 Å². The van der Waals surface area contributed by atoms with Crippen molar-refractivity contribution >= 4 is 23.6 Å². The lowest BCUT2D eigenvalue weighted by Crippen LogP contribution is -2.58. The Bertz CT molecular complexity index is 430. The van der Waals surface area contributed by atoms with Crippen LogP contribution in [-0.2, 0) is 19.2 Å². The van der Waals surface area contributed by atoms with Gasteiger partial charge in [-0.05, 0) is 6.92 Å². The fourth-order valence-electron chi connectivity index (χ4n) is 2.38. The first-order valence-electron chi connectivity index (χ1n) is 6.45. The van der Waals surface area contributed by atoms with Gasteiger partial charge in [-0.15, -0.1) is 0 Å². The normalized spacial score (nSPS) is 24.0. The largest absolute Gasteiger partial charge is 0.294 e. The third kappa shape index (κ3) is 3.20. The molecule has 2 fully saturated rings. The third-order valence-corrected chi connectivity index (χ3v) is 3.58. The van der Waals surface area contributed by atoms with Gasteiger partial charge in [0.2, 0.25) is 23.6 Å². The number of carbonyl (C=O) groups excluding carboxylic acids is 4. The second kappa shape index (κ2) is 5.68. The topological polar surface area (TPSA) is 90.0 Å². The Hall–Kier alpha value is -1.80. The summed E-state index contributed by atoms with van der Waals surface area (Å²) in [5.74, 6) is -1.11. The molecule has 2 heterocycles. The molecule has 0 aromatic heterocycles. The molecule has 0 bridgehead atoms. The number of amides is 4. The van der Waals surface area contributed by atoms with E-state index >= 15 is 0 Å².